The van der Waals surface area contributed by atoms with Crippen molar-refractivity contribution in [2.24, 2.45) is 11.7 Å². The van der Waals surface area contributed by atoms with Crippen molar-refractivity contribution >= 4 is 5.97 Å². The summed E-state index contributed by atoms with van der Waals surface area (Å²) in [6.07, 6.45) is 1.42. The molecular formula is C7H13NO2. The van der Waals surface area contributed by atoms with Gasteiger partial charge in [0.1, 0.15) is 0 Å². The molecule has 0 aromatic heterocycles. The molecule has 0 radical (unpaired) electrons. The van der Waals surface area contributed by atoms with Gasteiger partial charge in [-0.05, 0) is 19.3 Å². The Bertz CT molecular complexity index is 154. The molecular weight excluding hydrogens is 130 g/mol. The molecule has 2 unspecified atom stereocenters. The molecule has 10 heavy (non-hydrogen) atoms. The zero-order valence-electron chi connectivity index (χ0n) is 6.39. The molecule has 2 N–H and O–H groups in total. The van der Waals surface area contributed by atoms with Crippen molar-refractivity contribution < 1.29 is 9.53 Å². The maximum Gasteiger partial charge on any atom is 0.305 e. The number of ether oxygens (including phenoxy) is 1. The number of nitrogens with two attached hydrogens (primary N) is 1. The summed E-state index contributed by atoms with van der Waals surface area (Å²) in [4.78, 5) is 10.7. The fraction of sp³-hybridized carbons (Fsp3) is 0.857. The monoisotopic (exact) mass is 143 g/mol. The summed E-state index contributed by atoms with van der Waals surface area (Å²) in [6.45, 7) is 1.96. The van der Waals surface area contributed by atoms with E-state index in [1.807, 2.05) is 6.92 Å². The van der Waals surface area contributed by atoms with E-state index in [-0.39, 0.29) is 11.5 Å². The number of hydrogen-bond acceptors (Lipinski definition) is 3. The van der Waals surface area contributed by atoms with Gasteiger partial charge in [0.2, 0.25) is 0 Å². The minimum Gasteiger partial charge on any atom is -0.469 e. The molecule has 2 atom stereocenters. The topological polar surface area (TPSA) is 52.3 Å². The molecule has 0 spiro atoms. The van der Waals surface area contributed by atoms with Crippen LogP contribution >= 0.6 is 0 Å². The minimum atomic E-state index is -0.154. The van der Waals surface area contributed by atoms with E-state index in [9.17, 15) is 4.79 Å². The fourth-order valence-corrected chi connectivity index (χ4v) is 1.06. The molecule has 1 aliphatic carbocycles. The first kappa shape index (κ1) is 7.54. The molecule has 0 amide bonds. The van der Waals surface area contributed by atoms with Gasteiger partial charge in [0.15, 0.2) is 0 Å². The van der Waals surface area contributed by atoms with Crippen LogP contribution in [0.15, 0.2) is 0 Å². The molecule has 58 valence electrons. The summed E-state index contributed by atoms with van der Waals surface area (Å²) in [5, 5.41) is 0. The summed E-state index contributed by atoms with van der Waals surface area (Å²) in [7, 11) is 1.40. The molecule has 0 aromatic rings. The van der Waals surface area contributed by atoms with E-state index in [0.29, 0.717) is 12.3 Å². The van der Waals surface area contributed by atoms with Crippen LogP contribution in [0.25, 0.3) is 0 Å². The van der Waals surface area contributed by atoms with Crippen molar-refractivity contribution in [1.82, 2.24) is 0 Å². The Kier molecular flexibility index (Phi) is 1.68. The molecule has 3 nitrogen and oxygen atoms in total. The minimum absolute atomic E-state index is 0.103. The van der Waals surface area contributed by atoms with E-state index in [4.69, 9.17) is 5.73 Å². The second kappa shape index (κ2) is 2.23. The van der Waals surface area contributed by atoms with Gasteiger partial charge in [-0.15, -0.1) is 0 Å². The van der Waals surface area contributed by atoms with Crippen LogP contribution in [0.1, 0.15) is 19.8 Å². The van der Waals surface area contributed by atoms with E-state index in [2.05, 4.69) is 4.74 Å². The fourth-order valence-electron chi connectivity index (χ4n) is 1.06. The highest BCUT2D eigenvalue weighted by molar-refractivity contribution is 5.70. The van der Waals surface area contributed by atoms with E-state index in [0.717, 1.165) is 6.42 Å². The predicted molar refractivity (Wildman–Crippen MR) is 37.3 cm³/mol. The summed E-state index contributed by atoms with van der Waals surface area (Å²) in [6, 6.07) is 0. The van der Waals surface area contributed by atoms with Crippen LogP contribution in [0.5, 0.6) is 0 Å². The third-order valence-corrected chi connectivity index (χ3v) is 2.10. The van der Waals surface area contributed by atoms with E-state index < -0.39 is 0 Å². The first-order chi connectivity index (χ1) is 4.56. The second-order valence-corrected chi connectivity index (χ2v) is 3.19. The molecule has 0 heterocycles. The van der Waals surface area contributed by atoms with Crippen LogP contribution in [0.2, 0.25) is 0 Å². The molecule has 0 bridgehead atoms. The van der Waals surface area contributed by atoms with Crippen molar-refractivity contribution in [3.05, 3.63) is 0 Å². The Morgan fingerprint density at radius 3 is 2.70 bits per heavy atom. The zero-order valence-corrected chi connectivity index (χ0v) is 6.39. The Balaban J connectivity index is 2.24. The van der Waals surface area contributed by atoms with Gasteiger partial charge >= 0.3 is 5.97 Å². The number of carbonyl (C=O) groups excluding carboxylic acids is 1. The molecule has 0 saturated heterocycles. The summed E-state index contributed by atoms with van der Waals surface area (Å²) >= 11 is 0. The van der Waals surface area contributed by atoms with Crippen molar-refractivity contribution in [2.75, 3.05) is 7.11 Å². The number of carbonyl (C=O) groups is 1. The highest BCUT2D eigenvalue weighted by Gasteiger charge is 2.47. The smallest absolute Gasteiger partial charge is 0.305 e. The van der Waals surface area contributed by atoms with E-state index >= 15 is 0 Å². The van der Waals surface area contributed by atoms with Gasteiger partial charge in [-0.3, -0.25) is 4.79 Å². The van der Waals surface area contributed by atoms with Crippen LogP contribution in [0.3, 0.4) is 0 Å². The summed E-state index contributed by atoms with van der Waals surface area (Å²) in [5.41, 5.74) is 5.60. The summed E-state index contributed by atoms with van der Waals surface area (Å²) < 4.78 is 4.50. The van der Waals surface area contributed by atoms with Crippen molar-refractivity contribution in [2.45, 2.75) is 25.3 Å². The molecule has 1 rings (SSSR count). The van der Waals surface area contributed by atoms with Gasteiger partial charge in [0.05, 0.1) is 13.5 Å². The lowest BCUT2D eigenvalue weighted by Gasteiger charge is -2.00. The van der Waals surface area contributed by atoms with Crippen LogP contribution in [0.4, 0.5) is 0 Å². The highest BCUT2D eigenvalue weighted by atomic mass is 16.5. The summed E-state index contributed by atoms with van der Waals surface area (Å²) in [5.74, 6) is 0.194. The molecule has 1 fully saturated rings. The van der Waals surface area contributed by atoms with Crippen molar-refractivity contribution in [3.8, 4) is 0 Å². The third kappa shape index (κ3) is 1.48. The van der Waals surface area contributed by atoms with Gasteiger partial charge in [-0.1, -0.05) is 0 Å². The van der Waals surface area contributed by atoms with Crippen LogP contribution in [-0.4, -0.2) is 18.6 Å². The van der Waals surface area contributed by atoms with Gasteiger partial charge in [-0.25, -0.2) is 0 Å². The van der Waals surface area contributed by atoms with Crippen molar-refractivity contribution in [3.63, 3.8) is 0 Å². The maximum absolute atomic E-state index is 10.7. The number of esters is 1. The first-order valence-corrected chi connectivity index (χ1v) is 3.42. The SMILES string of the molecule is COC(=O)CC1CC1(C)N. The third-order valence-electron chi connectivity index (χ3n) is 2.10. The molecule has 0 aliphatic heterocycles. The number of methoxy groups -OCH3 is 1. The quantitative estimate of drug-likeness (QED) is 0.565. The first-order valence-electron chi connectivity index (χ1n) is 3.42. The lowest BCUT2D eigenvalue weighted by molar-refractivity contribution is -0.141. The average Bonchev–Trinajstić information content (AvgIpc) is 2.40. The molecule has 0 aromatic carbocycles. The molecule has 3 heteroatoms. The maximum atomic E-state index is 10.7. The average molecular weight is 143 g/mol. The normalized spacial score (nSPS) is 37.3. The Hall–Kier alpha value is -0.570. The molecule has 1 aliphatic rings. The highest BCUT2D eigenvalue weighted by Crippen LogP contribution is 2.42. The van der Waals surface area contributed by atoms with Crippen LogP contribution in [0, 0.1) is 5.92 Å². The Labute approximate surface area is 60.5 Å². The van der Waals surface area contributed by atoms with Gasteiger partial charge in [-0.2, -0.15) is 0 Å². The van der Waals surface area contributed by atoms with E-state index in [1.54, 1.807) is 0 Å². The van der Waals surface area contributed by atoms with Crippen molar-refractivity contribution in [1.29, 1.82) is 0 Å². The predicted octanol–water partition coefficient (Wildman–Crippen LogP) is 0.287. The Morgan fingerprint density at radius 1 is 1.90 bits per heavy atom. The van der Waals surface area contributed by atoms with E-state index in [1.165, 1.54) is 7.11 Å². The number of hydrogen-bond donors (Lipinski definition) is 1. The van der Waals surface area contributed by atoms with Gasteiger partial charge in [0.25, 0.3) is 0 Å². The largest absolute Gasteiger partial charge is 0.469 e. The second-order valence-electron chi connectivity index (χ2n) is 3.19. The Morgan fingerprint density at radius 2 is 2.40 bits per heavy atom. The van der Waals surface area contributed by atoms with Gasteiger partial charge in [0, 0.05) is 5.54 Å². The van der Waals surface area contributed by atoms with Gasteiger partial charge < -0.3 is 10.5 Å². The molecule has 1 saturated carbocycles. The zero-order chi connectivity index (χ0) is 7.78. The lowest BCUT2D eigenvalue weighted by atomic mass is 10.2. The van der Waals surface area contributed by atoms with Crippen LogP contribution < -0.4 is 5.73 Å². The standard InChI is InChI=1S/C7H13NO2/c1-7(8)4-5(7)3-6(9)10-2/h5H,3-4,8H2,1-2H3. The lowest BCUT2D eigenvalue weighted by Crippen LogP contribution is -2.20. The van der Waals surface area contributed by atoms with Crippen LogP contribution in [-0.2, 0) is 9.53 Å². The number of rotatable bonds is 2.